The molecule has 2 rings (SSSR count). The molecular formula is C15H18N2. The van der Waals surface area contributed by atoms with Crippen LogP contribution in [0.1, 0.15) is 29.3 Å². The van der Waals surface area contributed by atoms with Crippen molar-refractivity contribution in [3.8, 4) is 0 Å². The van der Waals surface area contributed by atoms with Crippen molar-refractivity contribution in [3.63, 3.8) is 0 Å². The van der Waals surface area contributed by atoms with Gasteiger partial charge < -0.3 is 0 Å². The van der Waals surface area contributed by atoms with E-state index in [4.69, 9.17) is 0 Å². The number of hydrogen-bond donors (Lipinski definition) is 0. The molecule has 0 aliphatic heterocycles. The first-order valence-corrected chi connectivity index (χ1v) is 5.97. The molecule has 0 atom stereocenters. The van der Waals surface area contributed by atoms with E-state index in [1.54, 1.807) is 0 Å². The minimum Gasteiger partial charge on any atom is -0.265 e. The highest BCUT2D eigenvalue weighted by molar-refractivity contribution is 5.48. The summed E-state index contributed by atoms with van der Waals surface area (Å²) in [5.41, 5.74) is 4.93. The van der Waals surface area contributed by atoms with E-state index in [1.807, 2.05) is 17.0 Å². The summed E-state index contributed by atoms with van der Waals surface area (Å²) in [4.78, 5) is 0. The van der Waals surface area contributed by atoms with Crippen LogP contribution in [0.2, 0.25) is 0 Å². The van der Waals surface area contributed by atoms with Crippen LogP contribution >= 0.6 is 0 Å². The summed E-state index contributed by atoms with van der Waals surface area (Å²) in [6, 6.07) is 8.71. The molecular weight excluding hydrogens is 208 g/mol. The standard InChI is InChI=1S/C15H18N2/c1-4-13-6-8-14(9-7-13)11-17-12(3)15(5-2)10-16-17/h5-10H,2,4,11H2,1,3H3. The van der Waals surface area contributed by atoms with E-state index in [0.29, 0.717) is 0 Å². The molecule has 2 nitrogen and oxygen atoms in total. The highest BCUT2D eigenvalue weighted by Gasteiger charge is 2.03. The zero-order valence-electron chi connectivity index (χ0n) is 10.5. The van der Waals surface area contributed by atoms with Crippen LogP contribution in [0, 0.1) is 6.92 Å². The Morgan fingerprint density at radius 1 is 1.24 bits per heavy atom. The minimum atomic E-state index is 0.823. The first-order valence-electron chi connectivity index (χ1n) is 5.97. The van der Waals surface area contributed by atoms with Gasteiger partial charge in [0, 0.05) is 11.3 Å². The summed E-state index contributed by atoms with van der Waals surface area (Å²) in [5.74, 6) is 0. The fourth-order valence-corrected chi connectivity index (χ4v) is 1.87. The highest BCUT2D eigenvalue weighted by Crippen LogP contribution is 2.12. The molecule has 17 heavy (non-hydrogen) atoms. The first-order chi connectivity index (χ1) is 8.24. The molecule has 0 radical (unpaired) electrons. The van der Waals surface area contributed by atoms with Crippen LogP contribution < -0.4 is 0 Å². The third kappa shape index (κ3) is 2.47. The molecule has 0 amide bonds. The summed E-state index contributed by atoms with van der Waals surface area (Å²) in [6.07, 6.45) is 4.80. The van der Waals surface area contributed by atoms with Crippen LogP contribution in [0.4, 0.5) is 0 Å². The summed E-state index contributed by atoms with van der Waals surface area (Å²) in [7, 11) is 0. The summed E-state index contributed by atoms with van der Waals surface area (Å²) in [6.45, 7) is 8.85. The normalized spacial score (nSPS) is 10.5. The number of nitrogens with zero attached hydrogens (tertiary/aromatic N) is 2. The van der Waals surface area contributed by atoms with Crippen LogP contribution in [0.25, 0.3) is 6.08 Å². The van der Waals surface area contributed by atoms with Crippen molar-refractivity contribution >= 4 is 6.08 Å². The first kappa shape index (κ1) is 11.6. The Morgan fingerprint density at radius 3 is 2.41 bits per heavy atom. The predicted molar refractivity (Wildman–Crippen MR) is 72.0 cm³/mol. The molecule has 0 unspecified atom stereocenters. The Kier molecular flexibility index (Phi) is 3.43. The van der Waals surface area contributed by atoms with Gasteiger partial charge in [-0.25, -0.2) is 0 Å². The van der Waals surface area contributed by atoms with Crippen molar-refractivity contribution in [2.24, 2.45) is 0 Å². The van der Waals surface area contributed by atoms with E-state index in [1.165, 1.54) is 16.8 Å². The molecule has 0 aliphatic carbocycles. The lowest BCUT2D eigenvalue weighted by atomic mass is 10.1. The van der Waals surface area contributed by atoms with Crippen LogP contribution in [0.15, 0.2) is 37.0 Å². The van der Waals surface area contributed by atoms with Gasteiger partial charge in [0.15, 0.2) is 0 Å². The largest absolute Gasteiger partial charge is 0.265 e. The second-order valence-corrected chi connectivity index (χ2v) is 4.22. The molecule has 0 spiro atoms. The molecule has 0 bridgehead atoms. The van der Waals surface area contributed by atoms with Gasteiger partial charge in [0.1, 0.15) is 0 Å². The lowest BCUT2D eigenvalue weighted by molar-refractivity contribution is 0.665. The molecule has 0 fully saturated rings. The van der Waals surface area contributed by atoms with Crippen molar-refractivity contribution in [2.75, 3.05) is 0 Å². The third-order valence-electron chi connectivity index (χ3n) is 3.12. The van der Waals surface area contributed by atoms with Gasteiger partial charge in [-0.2, -0.15) is 5.10 Å². The second-order valence-electron chi connectivity index (χ2n) is 4.22. The molecule has 0 saturated carbocycles. The quantitative estimate of drug-likeness (QED) is 0.780. The van der Waals surface area contributed by atoms with Gasteiger partial charge in [-0.3, -0.25) is 4.68 Å². The average molecular weight is 226 g/mol. The lowest BCUT2D eigenvalue weighted by Crippen LogP contribution is -2.03. The number of hydrogen-bond acceptors (Lipinski definition) is 1. The summed E-state index contributed by atoms with van der Waals surface area (Å²) < 4.78 is 2.01. The van der Waals surface area contributed by atoms with E-state index in [0.717, 1.165) is 18.5 Å². The van der Waals surface area contributed by atoms with Crippen LogP contribution in [-0.2, 0) is 13.0 Å². The molecule has 1 aromatic heterocycles. The molecule has 0 saturated heterocycles. The average Bonchev–Trinajstić information content (AvgIpc) is 2.71. The fourth-order valence-electron chi connectivity index (χ4n) is 1.87. The predicted octanol–water partition coefficient (Wildman–Crippen LogP) is 3.45. The molecule has 1 heterocycles. The van der Waals surface area contributed by atoms with Crippen molar-refractivity contribution in [1.29, 1.82) is 0 Å². The van der Waals surface area contributed by atoms with Crippen LogP contribution in [-0.4, -0.2) is 9.78 Å². The minimum absolute atomic E-state index is 0.823. The Morgan fingerprint density at radius 2 is 1.88 bits per heavy atom. The summed E-state index contributed by atoms with van der Waals surface area (Å²) >= 11 is 0. The molecule has 2 aromatic rings. The van der Waals surface area contributed by atoms with Gasteiger partial charge in [-0.15, -0.1) is 0 Å². The maximum Gasteiger partial charge on any atom is 0.0662 e. The van der Waals surface area contributed by atoms with Gasteiger partial charge in [0.2, 0.25) is 0 Å². The van der Waals surface area contributed by atoms with Gasteiger partial charge in [0.25, 0.3) is 0 Å². The van der Waals surface area contributed by atoms with E-state index < -0.39 is 0 Å². The molecule has 1 aromatic carbocycles. The van der Waals surface area contributed by atoms with Gasteiger partial charge in [-0.1, -0.05) is 43.8 Å². The van der Waals surface area contributed by atoms with Crippen LogP contribution in [0.3, 0.4) is 0 Å². The number of aromatic nitrogens is 2. The molecule has 0 aliphatic rings. The molecule has 2 heteroatoms. The zero-order valence-corrected chi connectivity index (χ0v) is 10.5. The van der Waals surface area contributed by atoms with E-state index in [-0.39, 0.29) is 0 Å². The van der Waals surface area contributed by atoms with Crippen molar-refractivity contribution in [3.05, 3.63) is 59.4 Å². The molecule has 88 valence electrons. The topological polar surface area (TPSA) is 17.8 Å². The van der Waals surface area contributed by atoms with E-state index in [9.17, 15) is 0 Å². The Balaban J connectivity index is 2.19. The van der Waals surface area contributed by atoms with Crippen molar-refractivity contribution in [1.82, 2.24) is 9.78 Å². The van der Waals surface area contributed by atoms with E-state index in [2.05, 4.69) is 49.8 Å². The van der Waals surface area contributed by atoms with Gasteiger partial charge >= 0.3 is 0 Å². The zero-order chi connectivity index (χ0) is 12.3. The maximum absolute atomic E-state index is 4.37. The Hall–Kier alpha value is -1.83. The smallest absolute Gasteiger partial charge is 0.0662 e. The van der Waals surface area contributed by atoms with Crippen LogP contribution in [0.5, 0.6) is 0 Å². The molecule has 0 N–H and O–H groups in total. The Bertz CT molecular complexity index is 506. The second kappa shape index (κ2) is 5.00. The lowest BCUT2D eigenvalue weighted by Gasteiger charge is -2.06. The van der Waals surface area contributed by atoms with Gasteiger partial charge in [0.05, 0.1) is 12.7 Å². The SMILES string of the molecule is C=Cc1cnn(Cc2ccc(CC)cc2)c1C. The fraction of sp³-hybridized carbons (Fsp3) is 0.267. The Labute approximate surface area is 103 Å². The monoisotopic (exact) mass is 226 g/mol. The summed E-state index contributed by atoms with van der Waals surface area (Å²) in [5, 5.41) is 4.37. The van der Waals surface area contributed by atoms with Crippen molar-refractivity contribution < 1.29 is 0 Å². The highest BCUT2D eigenvalue weighted by atomic mass is 15.3. The number of aryl methyl sites for hydroxylation is 1. The maximum atomic E-state index is 4.37. The number of benzene rings is 1. The number of rotatable bonds is 4. The van der Waals surface area contributed by atoms with E-state index >= 15 is 0 Å². The van der Waals surface area contributed by atoms with Crippen molar-refractivity contribution in [2.45, 2.75) is 26.8 Å². The third-order valence-corrected chi connectivity index (χ3v) is 3.12. The van der Waals surface area contributed by atoms with Gasteiger partial charge in [-0.05, 0) is 24.5 Å².